The van der Waals surface area contributed by atoms with Crippen LogP contribution in [-0.4, -0.2) is 19.6 Å². The van der Waals surface area contributed by atoms with Gasteiger partial charge in [0.1, 0.15) is 0 Å². The Morgan fingerprint density at radius 3 is 1.78 bits per heavy atom. The largest absolute Gasteiger partial charge is 0.443 e. The van der Waals surface area contributed by atoms with Gasteiger partial charge in [0.05, 0.1) is 0 Å². The summed E-state index contributed by atoms with van der Waals surface area (Å²) in [6.07, 6.45) is -7.57. The van der Waals surface area contributed by atoms with Crippen molar-refractivity contribution in [3.05, 3.63) is 0 Å². The number of rotatable bonds is 2. The zero-order valence-corrected chi connectivity index (χ0v) is 4.41. The second kappa shape index (κ2) is 2.98. The molecule has 0 fully saturated rings. The quantitative estimate of drug-likeness (QED) is 0.435. The topological polar surface area (TPSA) is 18.5 Å². The van der Waals surface area contributed by atoms with Crippen molar-refractivity contribution in [3.8, 4) is 0 Å². The molecule has 56 valence electrons. The smallest absolute Gasteiger partial charge is 0.346 e. The Balaban J connectivity index is 3.79. The Kier molecular flexibility index (Phi) is 2.86. The average molecular weight is 148 g/mol. The van der Waals surface area contributed by atoms with Crippen molar-refractivity contribution in [2.45, 2.75) is 12.5 Å². The van der Waals surface area contributed by atoms with Gasteiger partial charge >= 0.3 is 6.18 Å². The highest BCUT2D eigenvalue weighted by atomic mass is 19.4. The van der Waals surface area contributed by atoms with E-state index >= 15 is 0 Å². The fourth-order valence-electron chi connectivity index (χ4n) is 0.221. The third kappa shape index (κ3) is 2.62. The monoisotopic (exact) mass is 148 g/mol. The average Bonchev–Trinajstić information content (AvgIpc) is 1.65. The van der Waals surface area contributed by atoms with E-state index in [1.807, 2.05) is 0 Å². The van der Waals surface area contributed by atoms with E-state index < -0.39 is 12.5 Å². The lowest BCUT2D eigenvalue weighted by atomic mass is 10.6. The van der Waals surface area contributed by atoms with E-state index in [9.17, 15) is 17.7 Å². The number of halogens is 4. The van der Waals surface area contributed by atoms with Crippen LogP contribution in [0, 0.1) is 0 Å². The van der Waals surface area contributed by atoms with Crippen LogP contribution in [0.4, 0.5) is 17.7 Å². The SMILES string of the molecule is COC(OF)C(F)(F)F. The number of hydrogen-bond acceptors (Lipinski definition) is 2. The molecule has 0 rings (SSSR count). The Morgan fingerprint density at radius 2 is 1.78 bits per heavy atom. The first-order chi connectivity index (χ1) is 4.02. The van der Waals surface area contributed by atoms with Gasteiger partial charge in [-0.05, 0) is 4.53 Å². The highest BCUT2D eigenvalue weighted by Crippen LogP contribution is 2.23. The molecule has 0 aliphatic heterocycles. The van der Waals surface area contributed by atoms with Gasteiger partial charge in [-0.15, -0.1) is 0 Å². The van der Waals surface area contributed by atoms with E-state index in [0.717, 1.165) is 0 Å². The van der Waals surface area contributed by atoms with Gasteiger partial charge in [-0.2, -0.15) is 18.1 Å². The molecule has 0 saturated carbocycles. The Labute approximate surface area is 48.3 Å². The molecule has 0 amide bonds. The minimum atomic E-state index is -4.80. The summed E-state index contributed by atoms with van der Waals surface area (Å²) in [5.41, 5.74) is 0. The van der Waals surface area contributed by atoms with Crippen molar-refractivity contribution >= 4 is 0 Å². The molecule has 0 radical (unpaired) electrons. The molecule has 0 heterocycles. The van der Waals surface area contributed by atoms with Crippen LogP contribution in [0.25, 0.3) is 0 Å². The summed E-state index contributed by atoms with van der Waals surface area (Å²) in [4.78, 5) is 2.42. The molecule has 2 nitrogen and oxygen atoms in total. The minimum absolute atomic E-state index is 0.692. The number of ether oxygens (including phenoxy) is 1. The van der Waals surface area contributed by atoms with Crippen molar-refractivity contribution in [2.24, 2.45) is 0 Å². The highest BCUT2D eigenvalue weighted by Gasteiger charge is 2.42. The molecule has 0 spiro atoms. The fraction of sp³-hybridized carbons (Fsp3) is 1.00. The summed E-state index contributed by atoms with van der Waals surface area (Å²) in [6, 6.07) is 0. The molecule has 0 aliphatic rings. The third-order valence-corrected chi connectivity index (χ3v) is 0.562. The summed E-state index contributed by atoms with van der Waals surface area (Å²) in [5.74, 6) is 0. The molecule has 0 bridgehead atoms. The van der Waals surface area contributed by atoms with Crippen LogP contribution < -0.4 is 0 Å². The van der Waals surface area contributed by atoms with E-state index in [0.29, 0.717) is 7.11 Å². The minimum Gasteiger partial charge on any atom is -0.346 e. The van der Waals surface area contributed by atoms with Gasteiger partial charge in [-0.3, -0.25) is 0 Å². The number of hydrogen-bond donors (Lipinski definition) is 0. The van der Waals surface area contributed by atoms with Gasteiger partial charge in [0, 0.05) is 7.11 Å². The van der Waals surface area contributed by atoms with E-state index in [-0.39, 0.29) is 0 Å². The second-order valence-corrected chi connectivity index (χ2v) is 1.20. The maximum absolute atomic E-state index is 11.2. The summed E-state index contributed by atoms with van der Waals surface area (Å²) in [5, 5.41) is 0. The van der Waals surface area contributed by atoms with Crippen molar-refractivity contribution in [2.75, 3.05) is 7.11 Å². The van der Waals surface area contributed by atoms with Gasteiger partial charge in [0.2, 0.25) is 0 Å². The standard InChI is InChI=1S/C3H4F4O2/c1-8-2(9-7)3(4,5)6/h2H,1H3. The molecule has 0 saturated heterocycles. The molecule has 9 heavy (non-hydrogen) atoms. The summed E-state index contributed by atoms with van der Waals surface area (Å²) >= 11 is 0. The summed E-state index contributed by atoms with van der Waals surface area (Å²) in [7, 11) is 0.692. The molecule has 6 heteroatoms. The van der Waals surface area contributed by atoms with Crippen LogP contribution in [0.1, 0.15) is 0 Å². The summed E-state index contributed by atoms with van der Waals surface area (Å²) < 4.78 is 48.0. The Hall–Kier alpha value is -0.360. The zero-order chi connectivity index (χ0) is 7.49. The predicted molar refractivity (Wildman–Crippen MR) is 19.0 cm³/mol. The molecule has 0 N–H and O–H groups in total. The first-order valence-electron chi connectivity index (χ1n) is 1.89. The van der Waals surface area contributed by atoms with Gasteiger partial charge in [0.25, 0.3) is 6.29 Å². The molecular formula is C3H4F4O2. The van der Waals surface area contributed by atoms with Crippen LogP contribution in [-0.2, 0) is 9.68 Å². The first kappa shape index (κ1) is 8.64. The van der Waals surface area contributed by atoms with Crippen LogP contribution in [0.15, 0.2) is 0 Å². The van der Waals surface area contributed by atoms with Crippen LogP contribution in [0.3, 0.4) is 0 Å². The van der Waals surface area contributed by atoms with Gasteiger partial charge in [-0.1, -0.05) is 0 Å². The number of alkyl halides is 3. The van der Waals surface area contributed by atoms with Crippen molar-refractivity contribution < 1.29 is 27.4 Å². The van der Waals surface area contributed by atoms with Crippen LogP contribution in [0.2, 0.25) is 0 Å². The predicted octanol–water partition coefficient (Wildman–Crippen LogP) is 1.42. The molecule has 0 aromatic heterocycles. The molecule has 1 unspecified atom stereocenters. The lowest BCUT2D eigenvalue weighted by Gasteiger charge is -2.12. The Bertz CT molecular complexity index is 76.4. The summed E-state index contributed by atoms with van der Waals surface area (Å²) in [6.45, 7) is 0. The molecule has 1 atom stereocenters. The van der Waals surface area contributed by atoms with Gasteiger partial charge in [0.15, 0.2) is 0 Å². The van der Waals surface area contributed by atoms with Gasteiger partial charge in [-0.25, -0.2) is 0 Å². The van der Waals surface area contributed by atoms with E-state index in [1.165, 1.54) is 0 Å². The lowest BCUT2D eigenvalue weighted by Crippen LogP contribution is -2.30. The lowest BCUT2D eigenvalue weighted by molar-refractivity contribution is -0.369. The normalized spacial score (nSPS) is 15.7. The molecular weight excluding hydrogens is 144 g/mol. The molecule has 0 aliphatic carbocycles. The fourth-order valence-corrected chi connectivity index (χ4v) is 0.221. The first-order valence-corrected chi connectivity index (χ1v) is 1.89. The Morgan fingerprint density at radius 1 is 1.33 bits per heavy atom. The number of methoxy groups -OCH3 is 1. The van der Waals surface area contributed by atoms with E-state index in [4.69, 9.17) is 0 Å². The van der Waals surface area contributed by atoms with E-state index in [2.05, 4.69) is 9.68 Å². The maximum Gasteiger partial charge on any atom is 0.443 e. The third-order valence-electron chi connectivity index (χ3n) is 0.562. The van der Waals surface area contributed by atoms with Crippen molar-refractivity contribution in [3.63, 3.8) is 0 Å². The zero-order valence-electron chi connectivity index (χ0n) is 4.41. The van der Waals surface area contributed by atoms with E-state index in [1.54, 1.807) is 0 Å². The van der Waals surface area contributed by atoms with Crippen LogP contribution >= 0.6 is 0 Å². The van der Waals surface area contributed by atoms with Gasteiger partial charge < -0.3 is 4.74 Å². The van der Waals surface area contributed by atoms with Crippen LogP contribution in [0.5, 0.6) is 0 Å². The highest BCUT2D eigenvalue weighted by molar-refractivity contribution is 4.51. The maximum atomic E-state index is 11.2. The van der Waals surface area contributed by atoms with Crippen molar-refractivity contribution in [1.82, 2.24) is 0 Å². The second-order valence-electron chi connectivity index (χ2n) is 1.20. The molecule has 0 aromatic carbocycles. The van der Waals surface area contributed by atoms with Crippen molar-refractivity contribution in [1.29, 1.82) is 0 Å². The molecule has 0 aromatic rings.